The lowest BCUT2D eigenvalue weighted by Gasteiger charge is -2.34. The van der Waals surface area contributed by atoms with E-state index in [9.17, 15) is 9.18 Å². The van der Waals surface area contributed by atoms with E-state index in [1.165, 1.54) is 24.1 Å². The van der Waals surface area contributed by atoms with Crippen molar-refractivity contribution in [3.8, 4) is 0 Å². The van der Waals surface area contributed by atoms with Crippen LogP contribution in [0.25, 0.3) is 0 Å². The predicted molar refractivity (Wildman–Crippen MR) is 118 cm³/mol. The molecule has 162 valence electrons. The summed E-state index contributed by atoms with van der Waals surface area (Å²) in [6, 6.07) is 16.7. The fraction of sp³-hybridized carbons (Fsp3) is 0.480. The highest BCUT2D eigenvalue weighted by atomic mass is 19.1. The summed E-state index contributed by atoms with van der Waals surface area (Å²) in [7, 11) is 2.14. The van der Waals surface area contributed by atoms with E-state index in [0.717, 1.165) is 50.8 Å². The Hall–Kier alpha value is -2.40. The maximum absolute atomic E-state index is 13.0. The van der Waals surface area contributed by atoms with Gasteiger partial charge in [-0.05, 0) is 68.5 Å². The zero-order chi connectivity index (χ0) is 21.2. The normalized spacial score (nSPS) is 18.9. The van der Waals surface area contributed by atoms with Crippen LogP contribution in [0.2, 0.25) is 0 Å². The van der Waals surface area contributed by atoms with Crippen LogP contribution in [0.15, 0.2) is 54.6 Å². The topological polar surface area (TPSA) is 41.6 Å². The summed E-state index contributed by atoms with van der Waals surface area (Å²) in [5.74, 6) is 0.257. The number of hydrogen-bond acceptors (Lipinski definition) is 3. The van der Waals surface area contributed by atoms with Gasteiger partial charge in [-0.25, -0.2) is 9.18 Å². The Morgan fingerprint density at radius 1 is 1.07 bits per heavy atom. The fourth-order valence-corrected chi connectivity index (χ4v) is 4.23. The summed E-state index contributed by atoms with van der Waals surface area (Å²) < 4.78 is 18.4. The van der Waals surface area contributed by atoms with Crippen LogP contribution in [0, 0.1) is 11.7 Å². The molecule has 0 spiro atoms. The molecule has 1 N–H and O–H groups in total. The minimum absolute atomic E-state index is 0.168. The molecular formula is C25H33FN2O2. The second-order valence-electron chi connectivity index (χ2n) is 8.35. The van der Waals surface area contributed by atoms with Gasteiger partial charge in [0.25, 0.3) is 0 Å². The molecule has 4 nitrogen and oxygen atoms in total. The van der Waals surface area contributed by atoms with E-state index in [1.807, 2.05) is 42.5 Å². The molecule has 0 heterocycles. The number of aryl methyl sites for hydroxylation is 1. The molecule has 2 aromatic carbocycles. The summed E-state index contributed by atoms with van der Waals surface area (Å²) in [6.45, 7) is 2.25. The highest BCUT2D eigenvalue weighted by Gasteiger charge is 2.27. The van der Waals surface area contributed by atoms with Crippen molar-refractivity contribution >= 4 is 6.09 Å². The third kappa shape index (κ3) is 7.45. The van der Waals surface area contributed by atoms with Crippen LogP contribution in [0.5, 0.6) is 0 Å². The molecule has 1 saturated carbocycles. The molecule has 30 heavy (non-hydrogen) atoms. The average molecular weight is 413 g/mol. The van der Waals surface area contributed by atoms with Gasteiger partial charge in [0.2, 0.25) is 0 Å². The van der Waals surface area contributed by atoms with Gasteiger partial charge in [0.05, 0.1) is 0 Å². The average Bonchev–Trinajstić information content (AvgIpc) is 2.76. The Labute approximate surface area is 179 Å². The Balaban J connectivity index is 1.40. The second-order valence-corrected chi connectivity index (χ2v) is 8.35. The molecule has 0 bridgehead atoms. The highest BCUT2D eigenvalue weighted by molar-refractivity contribution is 5.67. The molecule has 1 aliphatic rings. The van der Waals surface area contributed by atoms with Crippen LogP contribution < -0.4 is 5.32 Å². The number of carbonyl (C=O) groups is 1. The molecule has 0 radical (unpaired) electrons. The Morgan fingerprint density at radius 2 is 1.80 bits per heavy atom. The van der Waals surface area contributed by atoms with Gasteiger partial charge in [0, 0.05) is 12.6 Å². The van der Waals surface area contributed by atoms with Crippen LogP contribution in [-0.2, 0) is 17.8 Å². The van der Waals surface area contributed by atoms with Crippen molar-refractivity contribution < 1.29 is 13.9 Å². The lowest BCUT2D eigenvalue weighted by atomic mass is 9.84. The van der Waals surface area contributed by atoms with Gasteiger partial charge in [0.15, 0.2) is 0 Å². The number of halogens is 1. The van der Waals surface area contributed by atoms with Gasteiger partial charge < -0.3 is 15.0 Å². The molecule has 2 atom stereocenters. The lowest BCUT2D eigenvalue weighted by Crippen LogP contribution is -2.46. The number of nitrogens with zero attached hydrogens (tertiary/aromatic N) is 1. The van der Waals surface area contributed by atoms with E-state index in [1.54, 1.807) is 0 Å². The molecular weight excluding hydrogens is 379 g/mol. The number of amides is 1. The molecule has 0 aromatic heterocycles. The van der Waals surface area contributed by atoms with E-state index in [-0.39, 0.29) is 18.0 Å². The monoisotopic (exact) mass is 412 g/mol. The summed E-state index contributed by atoms with van der Waals surface area (Å²) in [5, 5.41) is 3.11. The van der Waals surface area contributed by atoms with Crippen LogP contribution in [0.4, 0.5) is 9.18 Å². The maximum Gasteiger partial charge on any atom is 0.407 e. The summed E-state index contributed by atoms with van der Waals surface area (Å²) >= 11 is 0. The second kappa shape index (κ2) is 11.7. The number of hydrogen-bond donors (Lipinski definition) is 1. The molecule has 0 saturated heterocycles. The number of carbonyl (C=O) groups excluding carboxylic acids is 1. The van der Waals surface area contributed by atoms with Gasteiger partial charge in [-0.15, -0.1) is 0 Å². The van der Waals surface area contributed by atoms with Gasteiger partial charge in [-0.3, -0.25) is 0 Å². The van der Waals surface area contributed by atoms with E-state index < -0.39 is 0 Å². The SMILES string of the molecule is CN(CCCc1ccc(F)cc1)C[C@@H]1CCCC[C@H]1NC(=O)OCc1ccccc1. The first-order chi connectivity index (χ1) is 14.6. The molecule has 0 unspecified atom stereocenters. The zero-order valence-corrected chi connectivity index (χ0v) is 17.9. The highest BCUT2D eigenvalue weighted by Crippen LogP contribution is 2.25. The number of rotatable bonds is 9. The Bertz CT molecular complexity index is 766. The van der Waals surface area contributed by atoms with Gasteiger partial charge in [-0.2, -0.15) is 0 Å². The van der Waals surface area contributed by atoms with Crippen molar-refractivity contribution in [3.05, 3.63) is 71.5 Å². The summed E-state index contributed by atoms with van der Waals surface area (Å²) in [6.07, 6.45) is 6.16. The number of nitrogens with one attached hydrogen (secondary N) is 1. The largest absolute Gasteiger partial charge is 0.445 e. The third-order valence-corrected chi connectivity index (χ3v) is 5.89. The number of ether oxygens (including phenoxy) is 1. The van der Waals surface area contributed by atoms with Gasteiger partial charge in [0.1, 0.15) is 12.4 Å². The standard InChI is InChI=1S/C25H33FN2O2/c1-28(17-7-10-20-13-15-23(26)16-14-20)18-22-11-5-6-12-24(22)27-25(29)30-19-21-8-3-2-4-9-21/h2-4,8-9,13-16,22,24H,5-7,10-12,17-19H2,1H3,(H,27,29)/t22-,24+/m0/s1. The molecule has 3 rings (SSSR count). The Kier molecular flexibility index (Phi) is 8.69. The van der Waals surface area contributed by atoms with Crippen LogP contribution in [0.1, 0.15) is 43.2 Å². The Morgan fingerprint density at radius 3 is 2.57 bits per heavy atom. The van der Waals surface area contributed by atoms with Crippen molar-refractivity contribution in [1.82, 2.24) is 10.2 Å². The van der Waals surface area contributed by atoms with E-state index in [0.29, 0.717) is 12.5 Å². The molecule has 1 amide bonds. The van der Waals surface area contributed by atoms with Gasteiger partial charge in [-0.1, -0.05) is 55.3 Å². The number of alkyl carbamates (subject to hydrolysis) is 1. The molecule has 2 aromatic rings. The molecule has 0 aliphatic heterocycles. The summed E-state index contributed by atoms with van der Waals surface area (Å²) in [4.78, 5) is 14.6. The molecule has 1 aliphatic carbocycles. The van der Waals surface area contributed by atoms with Crippen molar-refractivity contribution in [1.29, 1.82) is 0 Å². The first kappa shape index (κ1) is 22.3. The van der Waals surface area contributed by atoms with E-state index >= 15 is 0 Å². The quantitative estimate of drug-likeness (QED) is 0.617. The van der Waals surface area contributed by atoms with E-state index in [4.69, 9.17) is 4.74 Å². The zero-order valence-electron chi connectivity index (χ0n) is 17.9. The first-order valence-electron chi connectivity index (χ1n) is 11.0. The van der Waals surface area contributed by atoms with Crippen molar-refractivity contribution in [3.63, 3.8) is 0 Å². The smallest absolute Gasteiger partial charge is 0.407 e. The first-order valence-corrected chi connectivity index (χ1v) is 11.0. The van der Waals surface area contributed by atoms with Crippen molar-refractivity contribution in [2.75, 3.05) is 20.1 Å². The van der Waals surface area contributed by atoms with Gasteiger partial charge >= 0.3 is 6.09 Å². The van der Waals surface area contributed by atoms with Crippen LogP contribution >= 0.6 is 0 Å². The van der Waals surface area contributed by atoms with Crippen LogP contribution in [-0.4, -0.2) is 37.2 Å². The lowest BCUT2D eigenvalue weighted by molar-refractivity contribution is 0.121. The summed E-state index contributed by atoms with van der Waals surface area (Å²) in [5.41, 5.74) is 2.16. The third-order valence-electron chi connectivity index (χ3n) is 5.89. The molecule has 1 fully saturated rings. The molecule has 5 heteroatoms. The number of benzene rings is 2. The fourth-order valence-electron chi connectivity index (χ4n) is 4.23. The minimum Gasteiger partial charge on any atom is -0.445 e. The maximum atomic E-state index is 13.0. The minimum atomic E-state index is -0.324. The van der Waals surface area contributed by atoms with Crippen LogP contribution in [0.3, 0.4) is 0 Å². The van der Waals surface area contributed by atoms with E-state index in [2.05, 4.69) is 17.3 Å². The van der Waals surface area contributed by atoms with Crippen molar-refractivity contribution in [2.45, 2.75) is 51.2 Å². The predicted octanol–water partition coefficient (Wildman–Crippen LogP) is 5.18. The van der Waals surface area contributed by atoms with Crippen molar-refractivity contribution in [2.24, 2.45) is 5.92 Å².